The molecular formula is C28H36N2O5. The predicted octanol–water partition coefficient (Wildman–Crippen LogP) is 4.59. The number of Topliss-reactive ketones (excluding diaryl/α,β-unsaturated/α-hetero) is 1. The number of ketones is 1. The number of amides is 1. The van der Waals surface area contributed by atoms with Gasteiger partial charge in [0, 0.05) is 18.7 Å². The lowest BCUT2D eigenvalue weighted by molar-refractivity contribution is -0.140. The van der Waals surface area contributed by atoms with Gasteiger partial charge in [0.25, 0.3) is 11.7 Å². The van der Waals surface area contributed by atoms with Gasteiger partial charge in [0.15, 0.2) is 0 Å². The van der Waals surface area contributed by atoms with Crippen molar-refractivity contribution in [3.63, 3.8) is 0 Å². The zero-order valence-corrected chi connectivity index (χ0v) is 21.5. The van der Waals surface area contributed by atoms with Gasteiger partial charge in [-0.3, -0.25) is 9.59 Å². The van der Waals surface area contributed by atoms with Crippen molar-refractivity contribution in [1.82, 2.24) is 9.80 Å². The number of hydrogen-bond acceptors (Lipinski definition) is 6. The molecule has 0 bridgehead atoms. The van der Waals surface area contributed by atoms with Gasteiger partial charge >= 0.3 is 0 Å². The fourth-order valence-corrected chi connectivity index (χ4v) is 4.55. The number of likely N-dealkylation sites (N-methyl/N-ethyl adjacent to an activating group) is 1. The van der Waals surface area contributed by atoms with E-state index in [1.807, 2.05) is 44.2 Å². The molecule has 0 aliphatic carbocycles. The minimum Gasteiger partial charge on any atom is -0.507 e. The normalized spacial score (nSPS) is 17.5. The van der Waals surface area contributed by atoms with E-state index in [1.165, 1.54) is 0 Å². The molecule has 0 saturated carbocycles. The molecule has 1 aliphatic heterocycles. The number of ether oxygens (including phenoxy) is 2. The van der Waals surface area contributed by atoms with Crippen molar-refractivity contribution < 1.29 is 24.2 Å². The van der Waals surface area contributed by atoms with Crippen LogP contribution >= 0.6 is 0 Å². The predicted molar refractivity (Wildman–Crippen MR) is 137 cm³/mol. The molecule has 35 heavy (non-hydrogen) atoms. The highest BCUT2D eigenvalue weighted by Gasteiger charge is 2.46. The molecule has 3 rings (SSSR count). The lowest BCUT2D eigenvalue weighted by atomic mass is 9.93. The average molecular weight is 481 g/mol. The maximum Gasteiger partial charge on any atom is 0.295 e. The number of carbonyl (C=O) groups excluding carboxylic acids is 2. The number of aliphatic hydroxyl groups is 1. The van der Waals surface area contributed by atoms with Crippen LogP contribution in [-0.2, 0) is 9.59 Å². The molecule has 0 aromatic heterocycles. The summed E-state index contributed by atoms with van der Waals surface area (Å²) in [5.74, 6) is -0.0146. The third-order valence-electron chi connectivity index (χ3n) is 6.63. The maximum atomic E-state index is 13.3. The van der Waals surface area contributed by atoms with Gasteiger partial charge < -0.3 is 24.4 Å². The van der Waals surface area contributed by atoms with Gasteiger partial charge in [0.05, 0.1) is 25.8 Å². The van der Waals surface area contributed by atoms with E-state index in [4.69, 9.17) is 9.47 Å². The molecule has 1 N–H and O–H groups in total. The summed E-state index contributed by atoms with van der Waals surface area (Å²) in [6.07, 6.45) is 0. The monoisotopic (exact) mass is 480 g/mol. The van der Waals surface area contributed by atoms with Crippen LogP contribution in [0.4, 0.5) is 0 Å². The van der Waals surface area contributed by atoms with Crippen molar-refractivity contribution in [3.8, 4) is 11.5 Å². The van der Waals surface area contributed by atoms with E-state index in [2.05, 4.69) is 18.7 Å². The molecule has 1 amide bonds. The van der Waals surface area contributed by atoms with Crippen LogP contribution in [0, 0.1) is 0 Å². The molecule has 0 spiro atoms. The lowest BCUT2D eigenvalue weighted by Gasteiger charge is -2.28. The van der Waals surface area contributed by atoms with Crippen LogP contribution in [0.3, 0.4) is 0 Å². The van der Waals surface area contributed by atoms with Gasteiger partial charge in [-0.15, -0.1) is 0 Å². The van der Waals surface area contributed by atoms with E-state index in [0.717, 1.165) is 18.7 Å². The van der Waals surface area contributed by atoms with Crippen molar-refractivity contribution in [1.29, 1.82) is 0 Å². The molecular weight excluding hydrogens is 444 g/mol. The molecule has 1 fully saturated rings. The Labute approximate surface area is 207 Å². The Hall–Kier alpha value is -3.32. The zero-order valence-electron chi connectivity index (χ0n) is 21.5. The highest BCUT2D eigenvalue weighted by Crippen LogP contribution is 2.41. The van der Waals surface area contributed by atoms with Crippen LogP contribution in [0.25, 0.3) is 5.76 Å². The third kappa shape index (κ3) is 5.35. The Morgan fingerprint density at radius 1 is 1.06 bits per heavy atom. The number of carbonyl (C=O) groups is 2. The maximum absolute atomic E-state index is 13.3. The van der Waals surface area contributed by atoms with E-state index in [0.29, 0.717) is 35.7 Å². The van der Waals surface area contributed by atoms with E-state index in [1.54, 1.807) is 31.3 Å². The number of rotatable bonds is 10. The zero-order chi connectivity index (χ0) is 25.7. The molecule has 1 unspecified atom stereocenters. The van der Waals surface area contributed by atoms with Crippen molar-refractivity contribution in [3.05, 3.63) is 64.7 Å². The number of nitrogens with zero attached hydrogens (tertiary/aromatic N) is 2. The molecule has 2 aromatic rings. The molecule has 1 heterocycles. The molecule has 0 radical (unpaired) electrons. The second kappa shape index (κ2) is 11.4. The van der Waals surface area contributed by atoms with Crippen LogP contribution < -0.4 is 9.47 Å². The number of likely N-dealkylation sites (tertiary alicyclic amines) is 1. The fraction of sp³-hybridized carbons (Fsp3) is 0.429. The first-order valence-corrected chi connectivity index (χ1v) is 12.1. The van der Waals surface area contributed by atoms with Crippen LogP contribution in [-0.4, -0.2) is 67.0 Å². The number of benzene rings is 2. The van der Waals surface area contributed by atoms with Crippen LogP contribution in [0.2, 0.25) is 0 Å². The van der Waals surface area contributed by atoms with Crippen molar-refractivity contribution in [2.75, 3.05) is 40.4 Å². The first kappa shape index (κ1) is 26.3. The van der Waals surface area contributed by atoms with Crippen LogP contribution in [0.15, 0.2) is 48.0 Å². The summed E-state index contributed by atoms with van der Waals surface area (Å²) >= 11 is 0. The van der Waals surface area contributed by atoms with Gasteiger partial charge in [0.1, 0.15) is 17.3 Å². The average Bonchev–Trinajstić information content (AvgIpc) is 3.13. The second-order valence-corrected chi connectivity index (χ2v) is 8.91. The second-order valence-electron chi connectivity index (χ2n) is 8.91. The van der Waals surface area contributed by atoms with Gasteiger partial charge in [-0.2, -0.15) is 0 Å². The minimum absolute atomic E-state index is 0.0858. The molecule has 1 aliphatic rings. The Bertz CT molecular complexity index is 1100. The smallest absolute Gasteiger partial charge is 0.295 e. The summed E-state index contributed by atoms with van der Waals surface area (Å²) in [6.45, 7) is 10.9. The van der Waals surface area contributed by atoms with Crippen LogP contribution in [0.1, 0.15) is 56.3 Å². The Kier molecular flexibility index (Phi) is 8.57. The molecule has 7 nitrogen and oxygen atoms in total. The van der Waals surface area contributed by atoms with Crippen molar-refractivity contribution in [2.45, 2.75) is 39.7 Å². The van der Waals surface area contributed by atoms with Gasteiger partial charge in [-0.25, -0.2) is 0 Å². The largest absolute Gasteiger partial charge is 0.507 e. The summed E-state index contributed by atoms with van der Waals surface area (Å²) in [4.78, 5) is 30.3. The topological polar surface area (TPSA) is 79.3 Å². The molecule has 1 saturated heterocycles. The van der Waals surface area contributed by atoms with Crippen molar-refractivity contribution >= 4 is 17.4 Å². The Balaban J connectivity index is 2.16. The quantitative estimate of drug-likeness (QED) is 0.304. The third-order valence-corrected chi connectivity index (χ3v) is 6.63. The first-order valence-electron chi connectivity index (χ1n) is 12.1. The van der Waals surface area contributed by atoms with Gasteiger partial charge in [-0.05, 0) is 60.5 Å². The molecule has 2 aromatic carbocycles. The standard InChI is InChI=1S/C28H36N2O5/c1-7-29(8-2)14-15-30-25(19-10-9-11-21(16-19)34-5)24(27(32)28(30)33)26(31)20-12-13-23(35-6)22(17-20)18(3)4/h9-13,16-18,25,31H,7-8,14-15H2,1-6H3/b26-24-. The number of aliphatic hydroxyl groups excluding tert-OH is 1. The van der Waals surface area contributed by atoms with E-state index in [-0.39, 0.29) is 17.3 Å². The van der Waals surface area contributed by atoms with E-state index < -0.39 is 17.7 Å². The Morgan fingerprint density at radius 3 is 2.37 bits per heavy atom. The summed E-state index contributed by atoms with van der Waals surface area (Å²) < 4.78 is 10.9. The SMILES string of the molecule is CCN(CC)CCN1C(=O)C(=O)/C(=C(\O)c2ccc(OC)c(C(C)C)c2)C1c1cccc(OC)c1. The highest BCUT2D eigenvalue weighted by atomic mass is 16.5. The summed E-state index contributed by atoms with van der Waals surface area (Å²) in [7, 11) is 3.17. The van der Waals surface area contributed by atoms with Gasteiger partial charge in [0.2, 0.25) is 0 Å². The molecule has 188 valence electrons. The minimum atomic E-state index is -0.717. The van der Waals surface area contributed by atoms with Crippen LogP contribution in [0.5, 0.6) is 11.5 Å². The Morgan fingerprint density at radius 2 is 1.77 bits per heavy atom. The molecule has 1 atom stereocenters. The summed E-state index contributed by atoms with van der Waals surface area (Å²) in [5.41, 5.74) is 2.18. The number of methoxy groups -OCH3 is 2. The number of hydrogen-bond donors (Lipinski definition) is 1. The van der Waals surface area contributed by atoms with E-state index in [9.17, 15) is 14.7 Å². The van der Waals surface area contributed by atoms with E-state index >= 15 is 0 Å². The fourth-order valence-electron chi connectivity index (χ4n) is 4.55. The first-order chi connectivity index (χ1) is 16.8. The van der Waals surface area contributed by atoms with Crippen molar-refractivity contribution in [2.24, 2.45) is 0 Å². The summed E-state index contributed by atoms with van der Waals surface area (Å²) in [6, 6.07) is 11.9. The highest BCUT2D eigenvalue weighted by molar-refractivity contribution is 6.46. The summed E-state index contributed by atoms with van der Waals surface area (Å²) in [5, 5.41) is 11.4. The lowest BCUT2D eigenvalue weighted by Crippen LogP contribution is -2.38. The molecule has 7 heteroatoms. The van der Waals surface area contributed by atoms with Gasteiger partial charge in [-0.1, -0.05) is 39.8 Å².